The van der Waals surface area contributed by atoms with E-state index in [1.807, 2.05) is 11.8 Å². The van der Waals surface area contributed by atoms with Gasteiger partial charge in [-0.3, -0.25) is 0 Å². The quantitative estimate of drug-likeness (QED) is 0.519. The Kier molecular flexibility index (Phi) is 7.15. The average molecular weight is 406 g/mol. The van der Waals surface area contributed by atoms with Crippen LogP contribution < -0.4 is 0 Å². The zero-order chi connectivity index (χ0) is 20.1. The van der Waals surface area contributed by atoms with Gasteiger partial charge in [0.05, 0.1) is 0 Å². The molecule has 2 aliphatic heterocycles. The van der Waals surface area contributed by atoms with Crippen LogP contribution in [-0.4, -0.2) is 30.3 Å². The molecule has 2 heteroatoms. The fourth-order valence-electron chi connectivity index (χ4n) is 4.77. The number of rotatable bonds is 5. The second-order valence-corrected chi connectivity index (χ2v) is 10.1. The molecule has 1 saturated heterocycles. The summed E-state index contributed by atoms with van der Waals surface area (Å²) < 4.78 is 0. The number of allylic oxidation sites excluding steroid dienone is 1. The van der Waals surface area contributed by atoms with E-state index in [4.69, 9.17) is 0 Å². The van der Waals surface area contributed by atoms with Crippen LogP contribution in [-0.2, 0) is 12.8 Å². The normalized spacial score (nSPS) is 22.4. The number of piperidine rings is 1. The van der Waals surface area contributed by atoms with Gasteiger partial charge in [0, 0.05) is 17.2 Å². The third kappa shape index (κ3) is 5.77. The van der Waals surface area contributed by atoms with Gasteiger partial charge >= 0.3 is 0 Å². The number of thioether (sulfide) groups is 1. The number of hydrogen-bond donors (Lipinski definition) is 0. The fraction of sp³-hybridized carbons (Fsp3) is 0.481. The van der Waals surface area contributed by atoms with E-state index in [-0.39, 0.29) is 0 Å². The zero-order valence-electron chi connectivity index (χ0n) is 18.1. The van der Waals surface area contributed by atoms with Crippen LogP contribution in [0, 0.1) is 18.8 Å². The topological polar surface area (TPSA) is 3.24 Å². The van der Waals surface area contributed by atoms with Crippen molar-refractivity contribution in [1.29, 1.82) is 0 Å². The summed E-state index contributed by atoms with van der Waals surface area (Å²) in [5.41, 5.74) is 6.08. The Bertz CT molecular complexity index is 818. The Hall–Kier alpha value is -1.51. The summed E-state index contributed by atoms with van der Waals surface area (Å²) >= 11 is 2.04. The Morgan fingerprint density at radius 3 is 2.66 bits per heavy atom. The predicted octanol–water partition coefficient (Wildman–Crippen LogP) is 6.55. The lowest BCUT2D eigenvalue weighted by molar-refractivity contribution is 0.186. The molecule has 0 radical (unpaired) electrons. The van der Waals surface area contributed by atoms with E-state index in [0.717, 1.165) is 12.3 Å². The minimum absolute atomic E-state index is 0.685. The van der Waals surface area contributed by atoms with Gasteiger partial charge in [-0.1, -0.05) is 66.6 Å². The SMILES string of the molecule is Cc1ccc2c(c1)C/C(=C\CCN1CCC(Cc3ccccc3)CC1)[C@H](C)CS2. The molecule has 2 aromatic rings. The maximum Gasteiger partial charge on any atom is 0.0108 e. The van der Waals surface area contributed by atoms with E-state index in [1.54, 1.807) is 5.57 Å². The van der Waals surface area contributed by atoms with E-state index in [2.05, 4.69) is 73.4 Å². The Labute approximate surface area is 181 Å². The molecule has 1 atom stereocenters. The van der Waals surface area contributed by atoms with Gasteiger partial charge in [0.25, 0.3) is 0 Å². The van der Waals surface area contributed by atoms with Crippen molar-refractivity contribution in [1.82, 2.24) is 4.90 Å². The third-order valence-electron chi connectivity index (χ3n) is 6.66. The first kappa shape index (κ1) is 20.8. The van der Waals surface area contributed by atoms with Crippen molar-refractivity contribution >= 4 is 11.8 Å². The van der Waals surface area contributed by atoms with Crippen LogP contribution >= 0.6 is 11.8 Å². The lowest BCUT2D eigenvalue weighted by Gasteiger charge is -2.32. The van der Waals surface area contributed by atoms with Gasteiger partial charge in [-0.05, 0) is 81.1 Å². The van der Waals surface area contributed by atoms with Gasteiger partial charge in [-0.2, -0.15) is 0 Å². The van der Waals surface area contributed by atoms with Crippen molar-refractivity contribution < 1.29 is 0 Å². The number of aryl methyl sites for hydroxylation is 1. The summed E-state index contributed by atoms with van der Waals surface area (Å²) in [4.78, 5) is 4.18. The molecule has 2 aromatic carbocycles. The summed E-state index contributed by atoms with van der Waals surface area (Å²) in [6.07, 6.45) is 8.88. The van der Waals surface area contributed by atoms with Crippen LogP contribution in [0.4, 0.5) is 0 Å². The standard InChI is InChI=1S/C27H35NS/c1-21-10-11-27-26(17-21)19-25(22(2)20-29-27)9-6-14-28-15-12-24(13-16-28)18-23-7-4-3-5-8-23/h3-5,7-11,17,22,24H,6,12-16,18-20H2,1-2H3/b25-9+/t22-/m1/s1. The summed E-state index contributed by atoms with van der Waals surface area (Å²) in [5, 5.41) is 0. The van der Waals surface area contributed by atoms with Crippen molar-refractivity contribution in [3.8, 4) is 0 Å². The van der Waals surface area contributed by atoms with Gasteiger partial charge in [0.15, 0.2) is 0 Å². The fourth-order valence-corrected chi connectivity index (χ4v) is 5.90. The van der Waals surface area contributed by atoms with E-state index < -0.39 is 0 Å². The summed E-state index contributed by atoms with van der Waals surface area (Å²) in [6, 6.07) is 18.0. The van der Waals surface area contributed by atoms with Gasteiger partial charge in [0.2, 0.25) is 0 Å². The van der Waals surface area contributed by atoms with Crippen molar-refractivity contribution in [3.63, 3.8) is 0 Å². The van der Waals surface area contributed by atoms with Crippen LogP contribution in [0.25, 0.3) is 0 Å². The number of fused-ring (bicyclic) bond motifs is 1. The van der Waals surface area contributed by atoms with Crippen LogP contribution in [0.1, 0.15) is 42.9 Å². The van der Waals surface area contributed by atoms with Crippen LogP contribution in [0.15, 0.2) is 65.1 Å². The third-order valence-corrected chi connectivity index (χ3v) is 8.03. The molecule has 1 fully saturated rings. The van der Waals surface area contributed by atoms with E-state index in [1.165, 1.54) is 72.7 Å². The highest BCUT2D eigenvalue weighted by atomic mass is 32.2. The first-order valence-corrected chi connectivity index (χ1v) is 12.3. The molecule has 2 heterocycles. The van der Waals surface area contributed by atoms with E-state index in [0.29, 0.717) is 5.92 Å². The highest BCUT2D eigenvalue weighted by Gasteiger charge is 2.20. The second-order valence-electron chi connectivity index (χ2n) is 9.04. The summed E-state index contributed by atoms with van der Waals surface area (Å²) in [6.45, 7) is 8.39. The number of likely N-dealkylation sites (tertiary alicyclic amines) is 1. The molecule has 2 aliphatic rings. The number of hydrogen-bond acceptors (Lipinski definition) is 2. The lowest BCUT2D eigenvalue weighted by Crippen LogP contribution is -2.34. The molecule has 4 rings (SSSR count). The summed E-state index contributed by atoms with van der Waals surface area (Å²) in [7, 11) is 0. The minimum atomic E-state index is 0.685. The molecule has 0 aromatic heterocycles. The molecule has 0 unspecified atom stereocenters. The predicted molar refractivity (Wildman–Crippen MR) is 127 cm³/mol. The lowest BCUT2D eigenvalue weighted by atomic mass is 9.90. The first-order valence-electron chi connectivity index (χ1n) is 11.3. The molecule has 0 saturated carbocycles. The van der Waals surface area contributed by atoms with E-state index in [9.17, 15) is 0 Å². The molecule has 0 N–H and O–H groups in total. The summed E-state index contributed by atoms with van der Waals surface area (Å²) in [5.74, 6) is 2.77. The van der Waals surface area contributed by atoms with Gasteiger partial charge < -0.3 is 4.90 Å². The highest BCUT2D eigenvalue weighted by Crippen LogP contribution is 2.35. The van der Waals surface area contributed by atoms with Crippen LogP contribution in [0.2, 0.25) is 0 Å². The van der Waals surface area contributed by atoms with Crippen LogP contribution in [0.5, 0.6) is 0 Å². The van der Waals surface area contributed by atoms with Crippen molar-refractivity contribution in [2.75, 3.05) is 25.4 Å². The molecule has 0 bridgehead atoms. The number of nitrogens with zero attached hydrogens (tertiary/aromatic N) is 1. The molecular formula is C27H35NS. The Balaban J connectivity index is 1.27. The van der Waals surface area contributed by atoms with Gasteiger partial charge in [-0.25, -0.2) is 0 Å². The number of benzene rings is 2. The molecule has 0 aliphatic carbocycles. The van der Waals surface area contributed by atoms with Gasteiger partial charge in [0.1, 0.15) is 0 Å². The molecule has 29 heavy (non-hydrogen) atoms. The molecule has 1 nitrogen and oxygen atoms in total. The molecule has 0 spiro atoms. The zero-order valence-corrected chi connectivity index (χ0v) is 18.9. The van der Waals surface area contributed by atoms with Gasteiger partial charge in [-0.15, -0.1) is 11.8 Å². The van der Waals surface area contributed by atoms with Crippen molar-refractivity contribution in [2.45, 2.75) is 50.8 Å². The molecule has 0 amide bonds. The molecular weight excluding hydrogens is 370 g/mol. The second kappa shape index (κ2) is 10.00. The van der Waals surface area contributed by atoms with Crippen LogP contribution in [0.3, 0.4) is 0 Å². The van der Waals surface area contributed by atoms with Crippen molar-refractivity contribution in [2.24, 2.45) is 11.8 Å². The Morgan fingerprint density at radius 1 is 1.07 bits per heavy atom. The minimum Gasteiger partial charge on any atom is -0.303 e. The maximum absolute atomic E-state index is 2.69. The smallest absolute Gasteiger partial charge is 0.0108 e. The van der Waals surface area contributed by atoms with E-state index >= 15 is 0 Å². The largest absolute Gasteiger partial charge is 0.303 e. The maximum atomic E-state index is 2.69. The molecule has 154 valence electrons. The average Bonchev–Trinajstić information content (AvgIpc) is 2.89. The monoisotopic (exact) mass is 405 g/mol. The first-order chi connectivity index (χ1) is 14.2. The van der Waals surface area contributed by atoms with Crippen molar-refractivity contribution in [3.05, 3.63) is 76.9 Å². The highest BCUT2D eigenvalue weighted by molar-refractivity contribution is 7.99. The Morgan fingerprint density at radius 2 is 1.86 bits per heavy atom.